The van der Waals surface area contributed by atoms with Crippen molar-refractivity contribution in [1.82, 2.24) is 10.2 Å². The molecule has 3 heteroatoms. The number of allylic oxidation sites excluding steroid dienone is 1. The highest BCUT2D eigenvalue weighted by Crippen LogP contribution is 2.13. The minimum atomic E-state index is 0.619. The summed E-state index contributed by atoms with van der Waals surface area (Å²) in [5.41, 5.74) is 0. The van der Waals surface area contributed by atoms with E-state index in [-0.39, 0.29) is 0 Å². The third-order valence-corrected chi connectivity index (χ3v) is 2.85. The maximum Gasteiger partial charge on any atom is 0.0404 e. The lowest BCUT2D eigenvalue weighted by Gasteiger charge is -2.29. The highest BCUT2D eigenvalue weighted by molar-refractivity contribution is 6.18. The molecule has 0 radical (unpaired) electrons. The van der Waals surface area contributed by atoms with E-state index in [9.17, 15) is 0 Å². The lowest BCUT2D eigenvalue weighted by atomic mass is 9.98. The van der Waals surface area contributed by atoms with Crippen LogP contribution in [0.3, 0.4) is 0 Å². The molecule has 0 aromatic rings. The van der Waals surface area contributed by atoms with E-state index >= 15 is 0 Å². The van der Waals surface area contributed by atoms with Crippen molar-refractivity contribution < 1.29 is 0 Å². The van der Waals surface area contributed by atoms with Crippen LogP contribution in [0.1, 0.15) is 12.8 Å². The van der Waals surface area contributed by atoms with Gasteiger partial charge >= 0.3 is 0 Å². The zero-order valence-corrected chi connectivity index (χ0v) is 9.76. The Hall–Kier alpha value is -0.0500. The molecule has 1 rings (SSSR count). The third kappa shape index (κ3) is 4.99. The van der Waals surface area contributed by atoms with Crippen LogP contribution in [0.5, 0.6) is 0 Å². The minimum absolute atomic E-state index is 0.619. The van der Waals surface area contributed by atoms with Gasteiger partial charge in [0, 0.05) is 19.0 Å². The second kappa shape index (κ2) is 7.27. The number of alkyl halides is 1. The largest absolute Gasteiger partial charge is 0.313 e. The van der Waals surface area contributed by atoms with E-state index in [0.29, 0.717) is 5.88 Å². The quantitative estimate of drug-likeness (QED) is 0.428. The normalized spacial score (nSPS) is 24.6. The number of likely N-dealkylation sites (tertiary alicyclic amines) is 1. The highest BCUT2D eigenvalue weighted by Gasteiger charge is 2.15. The van der Waals surface area contributed by atoms with Gasteiger partial charge in [-0.2, -0.15) is 0 Å². The number of hydrogen-bond acceptors (Lipinski definition) is 2. The van der Waals surface area contributed by atoms with Crippen molar-refractivity contribution >= 4 is 11.6 Å². The first-order valence-electron chi connectivity index (χ1n) is 5.43. The van der Waals surface area contributed by atoms with E-state index in [2.05, 4.69) is 23.3 Å². The molecule has 2 nitrogen and oxygen atoms in total. The Morgan fingerprint density at radius 2 is 2.36 bits per heavy atom. The van der Waals surface area contributed by atoms with Crippen LogP contribution in [0.2, 0.25) is 0 Å². The Morgan fingerprint density at radius 1 is 1.50 bits per heavy atom. The molecule has 1 saturated heterocycles. The van der Waals surface area contributed by atoms with Gasteiger partial charge in [0.1, 0.15) is 0 Å². The summed E-state index contributed by atoms with van der Waals surface area (Å²) < 4.78 is 0. The topological polar surface area (TPSA) is 15.3 Å². The molecule has 82 valence electrons. The predicted molar refractivity (Wildman–Crippen MR) is 63.0 cm³/mol. The average molecular weight is 217 g/mol. The SMILES string of the molecule is CN1CCCC(CNC/C=C/CCl)C1. The summed E-state index contributed by atoms with van der Waals surface area (Å²) in [6, 6.07) is 0. The number of nitrogens with one attached hydrogen (secondary N) is 1. The van der Waals surface area contributed by atoms with Gasteiger partial charge in [0.15, 0.2) is 0 Å². The van der Waals surface area contributed by atoms with E-state index in [1.807, 2.05) is 6.08 Å². The van der Waals surface area contributed by atoms with Gasteiger partial charge in [-0.15, -0.1) is 11.6 Å². The lowest BCUT2D eigenvalue weighted by Crippen LogP contribution is -2.37. The van der Waals surface area contributed by atoms with Gasteiger partial charge in [-0.1, -0.05) is 12.2 Å². The molecular weight excluding hydrogens is 196 g/mol. The van der Waals surface area contributed by atoms with E-state index < -0.39 is 0 Å². The number of rotatable bonds is 5. The number of halogens is 1. The van der Waals surface area contributed by atoms with E-state index in [1.165, 1.54) is 25.9 Å². The summed E-state index contributed by atoms with van der Waals surface area (Å²) in [6.07, 6.45) is 6.80. The van der Waals surface area contributed by atoms with Crippen molar-refractivity contribution in [2.75, 3.05) is 39.1 Å². The summed E-state index contributed by atoms with van der Waals surface area (Å²) in [7, 11) is 2.21. The van der Waals surface area contributed by atoms with Gasteiger partial charge in [-0.3, -0.25) is 0 Å². The number of nitrogens with zero attached hydrogens (tertiary/aromatic N) is 1. The molecule has 0 bridgehead atoms. The predicted octanol–water partition coefficient (Wildman–Crippen LogP) is 1.71. The summed E-state index contributed by atoms with van der Waals surface area (Å²) in [6.45, 7) is 4.60. The first kappa shape index (κ1) is 12.0. The van der Waals surface area contributed by atoms with Crippen molar-refractivity contribution in [2.45, 2.75) is 12.8 Å². The van der Waals surface area contributed by atoms with Crippen molar-refractivity contribution in [1.29, 1.82) is 0 Å². The average Bonchev–Trinajstić information content (AvgIpc) is 2.18. The monoisotopic (exact) mass is 216 g/mol. The van der Waals surface area contributed by atoms with Gasteiger partial charge in [-0.25, -0.2) is 0 Å². The fraction of sp³-hybridized carbons (Fsp3) is 0.818. The van der Waals surface area contributed by atoms with Gasteiger partial charge in [0.2, 0.25) is 0 Å². The number of hydrogen-bond donors (Lipinski definition) is 1. The second-order valence-corrected chi connectivity index (χ2v) is 4.36. The molecule has 1 heterocycles. The van der Waals surface area contributed by atoms with Crippen LogP contribution in [0.15, 0.2) is 12.2 Å². The minimum Gasteiger partial charge on any atom is -0.313 e. The fourth-order valence-corrected chi connectivity index (χ4v) is 2.08. The van der Waals surface area contributed by atoms with E-state index in [1.54, 1.807) is 0 Å². The Bertz CT molecular complexity index is 171. The first-order chi connectivity index (χ1) is 6.83. The lowest BCUT2D eigenvalue weighted by molar-refractivity contribution is 0.207. The molecule has 14 heavy (non-hydrogen) atoms. The smallest absolute Gasteiger partial charge is 0.0404 e. The standard InChI is InChI=1S/C11H21ClN2/c1-14-8-4-5-11(10-14)9-13-7-3-2-6-12/h2-3,11,13H,4-10H2,1H3/b3-2+. The number of piperidine rings is 1. The van der Waals surface area contributed by atoms with Crippen LogP contribution in [-0.4, -0.2) is 44.0 Å². The van der Waals surface area contributed by atoms with Crippen LogP contribution in [0, 0.1) is 5.92 Å². The zero-order valence-electron chi connectivity index (χ0n) is 9.01. The molecule has 0 saturated carbocycles. The molecule has 1 aliphatic heterocycles. The van der Waals surface area contributed by atoms with Gasteiger partial charge in [0.05, 0.1) is 0 Å². The molecule has 0 aromatic heterocycles. The Labute approximate surface area is 92.3 Å². The maximum atomic E-state index is 5.53. The van der Waals surface area contributed by atoms with Crippen LogP contribution >= 0.6 is 11.6 Å². The molecule has 0 spiro atoms. The van der Waals surface area contributed by atoms with E-state index in [0.717, 1.165) is 19.0 Å². The zero-order chi connectivity index (χ0) is 10.2. The summed E-state index contributed by atoms with van der Waals surface area (Å²) in [4.78, 5) is 2.42. The van der Waals surface area contributed by atoms with Gasteiger partial charge < -0.3 is 10.2 Å². The highest BCUT2D eigenvalue weighted by atomic mass is 35.5. The molecule has 0 aliphatic carbocycles. The van der Waals surface area contributed by atoms with Crippen molar-refractivity contribution in [2.24, 2.45) is 5.92 Å². The first-order valence-corrected chi connectivity index (χ1v) is 5.96. The summed E-state index contributed by atoms with van der Waals surface area (Å²) in [5, 5.41) is 3.44. The summed E-state index contributed by atoms with van der Waals surface area (Å²) in [5.74, 6) is 1.45. The molecule has 1 aliphatic rings. The van der Waals surface area contributed by atoms with E-state index in [4.69, 9.17) is 11.6 Å². The third-order valence-electron chi connectivity index (χ3n) is 2.67. The molecule has 0 amide bonds. The molecule has 1 fully saturated rings. The maximum absolute atomic E-state index is 5.53. The molecule has 1 unspecified atom stereocenters. The van der Waals surface area contributed by atoms with Crippen LogP contribution in [0.4, 0.5) is 0 Å². The van der Waals surface area contributed by atoms with Crippen molar-refractivity contribution in [3.8, 4) is 0 Å². The van der Waals surface area contributed by atoms with Crippen molar-refractivity contribution in [3.05, 3.63) is 12.2 Å². The molecule has 1 atom stereocenters. The van der Waals surface area contributed by atoms with Crippen LogP contribution < -0.4 is 5.32 Å². The molecule has 0 aromatic carbocycles. The van der Waals surface area contributed by atoms with Crippen LogP contribution in [-0.2, 0) is 0 Å². The summed E-state index contributed by atoms with van der Waals surface area (Å²) >= 11 is 5.53. The molecular formula is C11H21ClN2. The van der Waals surface area contributed by atoms with Crippen molar-refractivity contribution in [3.63, 3.8) is 0 Å². The Kier molecular flexibility index (Phi) is 6.24. The second-order valence-electron chi connectivity index (χ2n) is 4.05. The fourth-order valence-electron chi connectivity index (χ4n) is 1.96. The van der Waals surface area contributed by atoms with Crippen LogP contribution in [0.25, 0.3) is 0 Å². The van der Waals surface area contributed by atoms with Gasteiger partial charge in [0.25, 0.3) is 0 Å². The molecule has 1 N–H and O–H groups in total. The van der Waals surface area contributed by atoms with Gasteiger partial charge in [-0.05, 0) is 38.9 Å². The Morgan fingerprint density at radius 3 is 3.07 bits per heavy atom. The Balaban J connectivity index is 2.03.